The van der Waals surface area contributed by atoms with E-state index in [0.717, 1.165) is 17.0 Å². The molecular formula is C13H15N5O2. The van der Waals surface area contributed by atoms with Crippen LogP contribution in [0.15, 0.2) is 41.5 Å². The van der Waals surface area contributed by atoms with Gasteiger partial charge in [0, 0.05) is 12.2 Å². The Labute approximate surface area is 116 Å². The highest BCUT2D eigenvalue weighted by Crippen LogP contribution is 2.03. The average Bonchev–Trinajstić information content (AvgIpc) is 2.74. The minimum absolute atomic E-state index is 0.101. The maximum Gasteiger partial charge on any atom is 0.296 e. The van der Waals surface area contributed by atoms with E-state index in [-0.39, 0.29) is 5.96 Å². The van der Waals surface area contributed by atoms with E-state index in [1.165, 1.54) is 4.68 Å². The molecule has 0 spiro atoms. The lowest BCUT2D eigenvalue weighted by Gasteiger charge is -2.08. The van der Waals surface area contributed by atoms with Gasteiger partial charge in [-0.05, 0) is 25.5 Å². The fourth-order valence-corrected chi connectivity index (χ4v) is 1.85. The standard InChI is InChI=1S/C13H15N5O2/c1-10-8-11(2)17(15-10)13(16-18(19)20)14-9-12-6-4-3-5-7-12/h3-8H,9H2,1-2H3,(H,14,16). The second kappa shape index (κ2) is 5.96. The number of aromatic nitrogens is 2. The summed E-state index contributed by atoms with van der Waals surface area (Å²) in [5, 5.41) is 20.4. The Morgan fingerprint density at radius 2 is 2.10 bits per heavy atom. The van der Waals surface area contributed by atoms with E-state index < -0.39 is 5.03 Å². The number of nitro groups is 1. The van der Waals surface area contributed by atoms with Gasteiger partial charge < -0.3 is 5.32 Å². The van der Waals surface area contributed by atoms with Crippen molar-refractivity contribution in [2.24, 2.45) is 5.10 Å². The Kier molecular flexibility index (Phi) is 4.09. The summed E-state index contributed by atoms with van der Waals surface area (Å²) in [4.78, 5) is 10.6. The number of rotatable bonds is 3. The first-order valence-electron chi connectivity index (χ1n) is 6.10. The van der Waals surface area contributed by atoms with E-state index in [2.05, 4.69) is 15.5 Å². The molecule has 1 N–H and O–H groups in total. The van der Waals surface area contributed by atoms with Gasteiger partial charge in [-0.2, -0.15) is 9.78 Å². The van der Waals surface area contributed by atoms with Gasteiger partial charge in [0.1, 0.15) is 5.10 Å². The zero-order valence-corrected chi connectivity index (χ0v) is 11.3. The molecule has 0 aliphatic carbocycles. The van der Waals surface area contributed by atoms with Crippen molar-refractivity contribution in [3.8, 4) is 0 Å². The van der Waals surface area contributed by atoms with Gasteiger partial charge in [-0.25, -0.2) is 10.1 Å². The topological polar surface area (TPSA) is 85.3 Å². The van der Waals surface area contributed by atoms with Crippen LogP contribution in [0, 0.1) is 24.0 Å². The molecule has 0 amide bonds. The monoisotopic (exact) mass is 273 g/mol. The first-order chi connectivity index (χ1) is 9.56. The molecule has 0 aliphatic rings. The second-order valence-electron chi connectivity index (χ2n) is 4.34. The molecule has 0 saturated heterocycles. The third-order valence-electron chi connectivity index (χ3n) is 2.68. The molecule has 2 rings (SSSR count). The molecule has 1 aromatic carbocycles. The van der Waals surface area contributed by atoms with Gasteiger partial charge >= 0.3 is 0 Å². The Bertz CT molecular complexity index is 633. The van der Waals surface area contributed by atoms with E-state index >= 15 is 0 Å². The van der Waals surface area contributed by atoms with Crippen LogP contribution in [0.2, 0.25) is 0 Å². The average molecular weight is 273 g/mol. The summed E-state index contributed by atoms with van der Waals surface area (Å²) in [5.41, 5.74) is 2.56. The fourth-order valence-electron chi connectivity index (χ4n) is 1.85. The van der Waals surface area contributed by atoms with Crippen molar-refractivity contribution in [3.63, 3.8) is 0 Å². The molecule has 0 unspecified atom stereocenters. The summed E-state index contributed by atoms with van der Waals surface area (Å²) in [7, 11) is 0. The molecule has 2 aromatic rings. The second-order valence-corrected chi connectivity index (χ2v) is 4.34. The van der Waals surface area contributed by atoms with Gasteiger partial charge in [0.2, 0.25) is 0 Å². The van der Waals surface area contributed by atoms with E-state index in [9.17, 15) is 10.1 Å². The number of benzene rings is 1. The molecule has 1 heterocycles. The van der Waals surface area contributed by atoms with Crippen molar-refractivity contribution in [1.82, 2.24) is 15.1 Å². The van der Waals surface area contributed by atoms with Crippen LogP contribution in [0.3, 0.4) is 0 Å². The van der Waals surface area contributed by atoms with Crippen molar-refractivity contribution < 1.29 is 5.03 Å². The Balaban J connectivity index is 2.21. The largest absolute Gasteiger partial charge is 0.345 e. The van der Waals surface area contributed by atoms with E-state index in [1.54, 1.807) is 0 Å². The molecule has 0 saturated carbocycles. The number of hydrazone groups is 1. The van der Waals surface area contributed by atoms with Crippen molar-refractivity contribution >= 4 is 5.96 Å². The van der Waals surface area contributed by atoms with Crippen molar-refractivity contribution in [1.29, 1.82) is 0 Å². The summed E-state index contributed by atoms with van der Waals surface area (Å²) in [5.74, 6) is 0.101. The molecule has 0 atom stereocenters. The number of nitrogens with one attached hydrogen (secondary N) is 1. The molecule has 1 aromatic heterocycles. The van der Waals surface area contributed by atoms with Crippen LogP contribution in [-0.4, -0.2) is 20.8 Å². The molecule has 20 heavy (non-hydrogen) atoms. The van der Waals surface area contributed by atoms with E-state index in [1.807, 2.05) is 50.2 Å². The Morgan fingerprint density at radius 3 is 2.65 bits per heavy atom. The smallest absolute Gasteiger partial charge is 0.296 e. The van der Waals surface area contributed by atoms with Crippen LogP contribution >= 0.6 is 0 Å². The lowest BCUT2D eigenvalue weighted by molar-refractivity contribution is -0.485. The minimum atomic E-state index is -0.732. The summed E-state index contributed by atoms with van der Waals surface area (Å²) in [6.45, 7) is 4.08. The number of hydrogen-bond acceptors (Lipinski definition) is 3. The van der Waals surface area contributed by atoms with Gasteiger partial charge in [-0.3, -0.25) is 0 Å². The maximum absolute atomic E-state index is 10.6. The van der Waals surface area contributed by atoms with Crippen LogP contribution in [0.4, 0.5) is 0 Å². The van der Waals surface area contributed by atoms with Crippen molar-refractivity contribution in [2.75, 3.05) is 0 Å². The predicted molar refractivity (Wildman–Crippen MR) is 74.8 cm³/mol. The van der Waals surface area contributed by atoms with Crippen LogP contribution in [0.5, 0.6) is 0 Å². The number of aryl methyl sites for hydroxylation is 2. The molecule has 0 bridgehead atoms. The first kappa shape index (κ1) is 13.7. The highest BCUT2D eigenvalue weighted by atomic mass is 16.7. The lowest BCUT2D eigenvalue weighted by atomic mass is 10.2. The first-order valence-corrected chi connectivity index (χ1v) is 6.10. The molecule has 7 nitrogen and oxygen atoms in total. The Morgan fingerprint density at radius 1 is 1.40 bits per heavy atom. The fraction of sp³-hybridized carbons (Fsp3) is 0.231. The van der Waals surface area contributed by atoms with Crippen molar-refractivity contribution in [2.45, 2.75) is 20.4 Å². The molecular weight excluding hydrogens is 258 g/mol. The number of nitrogens with zero attached hydrogens (tertiary/aromatic N) is 4. The van der Waals surface area contributed by atoms with Crippen LogP contribution < -0.4 is 5.32 Å². The van der Waals surface area contributed by atoms with Crippen LogP contribution in [0.1, 0.15) is 17.0 Å². The van der Waals surface area contributed by atoms with Gasteiger partial charge in [0.25, 0.3) is 5.96 Å². The Hall–Kier alpha value is -2.70. The lowest BCUT2D eigenvalue weighted by Crippen LogP contribution is -2.32. The maximum atomic E-state index is 10.6. The quantitative estimate of drug-likeness (QED) is 0.399. The number of hydrogen-bond donors (Lipinski definition) is 1. The van der Waals surface area contributed by atoms with E-state index in [4.69, 9.17) is 0 Å². The third kappa shape index (κ3) is 3.41. The molecule has 104 valence electrons. The summed E-state index contributed by atoms with van der Waals surface area (Å²) in [6, 6.07) is 11.4. The summed E-state index contributed by atoms with van der Waals surface area (Å²) < 4.78 is 1.43. The van der Waals surface area contributed by atoms with Gasteiger partial charge in [0.15, 0.2) is 5.03 Å². The zero-order valence-electron chi connectivity index (χ0n) is 11.3. The highest BCUT2D eigenvalue weighted by Gasteiger charge is 2.12. The van der Waals surface area contributed by atoms with Crippen LogP contribution in [-0.2, 0) is 6.54 Å². The van der Waals surface area contributed by atoms with Gasteiger partial charge in [0.05, 0.1) is 5.69 Å². The third-order valence-corrected chi connectivity index (χ3v) is 2.68. The summed E-state index contributed by atoms with van der Waals surface area (Å²) in [6.07, 6.45) is 0. The summed E-state index contributed by atoms with van der Waals surface area (Å²) >= 11 is 0. The van der Waals surface area contributed by atoms with E-state index in [0.29, 0.717) is 6.54 Å². The molecule has 0 aliphatic heterocycles. The minimum Gasteiger partial charge on any atom is -0.345 e. The predicted octanol–water partition coefficient (Wildman–Crippen LogP) is 1.69. The molecule has 7 heteroatoms. The van der Waals surface area contributed by atoms with Gasteiger partial charge in [-0.1, -0.05) is 30.3 Å². The van der Waals surface area contributed by atoms with Crippen molar-refractivity contribution in [3.05, 3.63) is 63.5 Å². The zero-order chi connectivity index (χ0) is 14.5. The highest BCUT2D eigenvalue weighted by molar-refractivity contribution is 5.81. The van der Waals surface area contributed by atoms with Crippen LogP contribution in [0.25, 0.3) is 0 Å². The molecule has 0 fully saturated rings. The normalized spacial score (nSPS) is 11.4. The van der Waals surface area contributed by atoms with Gasteiger partial charge in [-0.15, -0.1) is 0 Å². The SMILES string of the molecule is Cc1cc(C)n(C(=N[N+](=O)[O-])NCc2ccccc2)n1. The molecule has 0 radical (unpaired) electrons.